The maximum atomic E-state index is 12.3. The molecule has 5 heteroatoms. The predicted octanol–water partition coefficient (Wildman–Crippen LogP) is 2.79. The number of nitrogens with zero attached hydrogens (tertiary/aromatic N) is 2. The number of amides is 1. The molecule has 1 fully saturated rings. The second-order valence-corrected chi connectivity index (χ2v) is 6.85. The van der Waals surface area contributed by atoms with Crippen LogP contribution in [0.15, 0.2) is 42.7 Å². The van der Waals surface area contributed by atoms with Gasteiger partial charge in [-0.05, 0) is 36.9 Å². The van der Waals surface area contributed by atoms with Gasteiger partial charge in [-0.15, -0.1) is 0 Å². The molecule has 0 radical (unpaired) electrons. The molecular formula is C19H26N4O. The first-order chi connectivity index (χ1) is 11.7. The van der Waals surface area contributed by atoms with E-state index in [2.05, 4.69) is 10.4 Å². The lowest BCUT2D eigenvalue weighted by molar-refractivity contribution is -0.124. The molecule has 1 aromatic heterocycles. The largest absolute Gasteiger partial charge is 0.352 e. The van der Waals surface area contributed by atoms with Crippen molar-refractivity contribution in [2.45, 2.75) is 45.1 Å². The van der Waals surface area contributed by atoms with Crippen molar-refractivity contribution >= 4 is 5.91 Å². The number of hydrogen-bond donors (Lipinski definition) is 2. The molecule has 0 bridgehead atoms. The molecule has 1 aliphatic carbocycles. The Hall–Kier alpha value is -2.14. The molecule has 0 atom stereocenters. The molecule has 24 heavy (non-hydrogen) atoms. The molecule has 1 aliphatic rings. The van der Waals surface area contributed by atoms with Crippen LogP contribution >= 0.6 is 0 Å². The Labute approximate surface area is 143 Å². The third-order valence-corrected chi connectivity index (χ3v) is 5.03. The minimum Gasteiger partial charge on any atom is -0.352 e. The van der Waals surface area contributed by atoms with Crippen LogP contribution in [-0.4, -0.2) is 22.2 Å². The fourth-order valence-electron chi connectivity index (χ4n) is 3.53. The van der Waals surface area contributed by atoms with Crippen molar-refractivity contribution in [1.29, 1.82) is 0 Å². The van der Waals surface area contributed by atoms with E-state index in [9.17, 15) is 4.79 Å². The van der Waals surface area contributed by atoms with Crippen molar-refractivity contribution < 1.29 is 4.79 Å². The highest BCUT2D eigenvalue weighted by Gasteiger charge is 2.32. The maximum absolute atomic E-state index is 12.3. The summed E-state index contributed by atoms with van der Waals surface area (Å²) < 4.78 is 1.82. The quantitative estimate of drug-likeness (QED) is 0.857. The predicted molar refractivity (Wildman–Crippen MR) is 94.6 cm³/mol. The van der Waals surface area contributed by atoms with E-state index in [0.717, 1.165) is 24.1 Å². The Balaban J connectivity index is 1.54. The fraction of sp³-hybridized carbons (Fsp3) is 0.474. The number of rotatable bonds is 6. The number of carbonyl (C=O) groups excluding carboxylic acids is 1. The number of para-hydroxylation sites is 1. The van der Waals surface area contributed by atoms with E-state index in [1.54, 1.807) is 6.20 Å². The number of nitrogens with two attached hydrogens (primary N) is 1. The average Bonchev–Trinajstić information content (AvgIpc) is 3.11. The Bertz CT molecular complexity index is 659. The fourth-order valence-corrected chi connectivity index (χ4v) is 3.53. The van der Waals surface area contributed by atoms with E-state index in [4.69, 9.17) is 5.73 Å². The maximum Gasteiger partial charge on any atom is 0.220 e. The number of aromatic nitrogens is 2. The van der Waals surface area contributed by atoms with Gasteiger partial charge in [0, 0.05) is 24.7 Å². The molecule has 0 aliphatic heterocycles. The third-order valence-electron chi connectivity index (χ3n) is 5.03. The summed E-state index contributed by atoms with van der Waals surface area (Å²) in [5.74, 6) is 0.0924. The van der Waals surface area contributed by atoms with Crippen LogP contribution in [-0.2, 0) is 11.3 Å². The summed E-state index contributed by atoms with van der Waals surface area (Å²) >= 11 is 0. The highest BCUT2D eigenvalue weighted by atomic mass is 16.1. The second kappa shape index (κ2) is 7.62. The highest BCUT2D eigenvalue weighted by molar-refractivity contribution is 5.76. The lowest BCUT2D eigenvalue weighted by Gasteiger charge is -2.35. The van der Waals surface area contributed by atoms with Crippen LogP contribution in [0.25, 0.3) is 5.69 Å². The highest BCUT2D eigenvalue weighted by Crippen LogP contribution is 2.38. The molecule has 3 N–H and O–H groups in total. The van der Waals surface area contributed by atoms with E-state index in [0.29, 0.717) is 19.5 Å². The molecule has 0 spiro atoms. The van der Waals surface area contributed by atoms with E-state index < -0.39 is 0 Å². The van der Waals surface area contributed by atoms with Crippen LogP contribution in [0.3, 0.4) is 0 Å². The van der Waals surface area contributed by atoms with Gasteiger partial charge in [0.05, 0.1) is 11.9 Å². The molecule has 128 valence electrons. The van der Waals surface area contributed by atoms with Gasteiger partial charge in [0.1, 0.15) is 0 Å². The van der Waals surface area contributed by atoms with Crippen molar-refractivity contribution in [1.82, 2.24) is 15.1 Å². The zero-order valence-corrected chi connectivity index (χ0v) is 14.1. The molecule has 0 unspecified atom stereocenters. The Morgan fingerprint density at radius 1 is 1.21 bits per heavy atom. The van der Waals surface area contributed by atoms with Crippen LogP contribution in [0, 0.1) is 5.41 Å². The zero-order valence-electron chi connectivity index (χ0n) is 14.1. The van der Waals surface area contributed by atoms with E-state index in [1.165, 1.54) is 19.3 Å². The van der Waals surface area contributed by atoms with Gasteiger partial charge in [-0.1, -0.05) is 37.5 Å². The van der Waals surface area contributed by atoms with Crippen LogP contribution in [0.5, 0.6) is 0 Å². The Kier molecular flexibility index (Phi) is 5.30. The van der Waals surface area contributed by atoms with E-state index in [1.807, 2.05) is 41.2 Å². The molecule has 3 rings (SSSR count). The van der Waals surface area contributed by atoms with Gasteiger partial charge in [0.2, 0.25) is 5.91 Å². The topological polar surface area (TPSA) is 72.9 Å². The second-order valence-electron chi connectivity index (χ2n) is 6.85. The van der Waals surface area contributed by atoms with Crippen LogP contribution < -0.4 is 11.1 Å². The lowest BCUT2D eigenvalue weighted by atomic mass is 9.71. The number of benzene rings is 1. The first-order valence-electron chi connectivity index (χ1n) is 8.77. The summed E-state index contributed by atoms with van der Waals surface area (Å²) in [5, 5.41) is 7.38. The van der Waals surface area contributed by atoms with E-state index in [-0.39, 0.29) is 11.3 Å². The average molecular weight is 326 g/mol. The SMILES string of the molecule is NCC1(CC(=O)NCc2cnn(-c3ccccc3)c2)CCCCC1. The van der Waals surface area contributed by atoms with Crippen molar-refractivity contribution in [3.8, 4) is 5.69 Å². The monoisotopic (exact) mass is 326 g/mol. The lowest BCUT2D eigenvalue weighted by Crippen LogP contribution is -2.38. The van der Waals surface area contributed by atoms with Gasteiger partial charge in [-0.3, -0.25) is 4.79 Å². The van der Waals surface area contributed by atoms with Crippen LogP contribution in [0.4, 0.5) is 0 Å². The summed E-state index contributed by atoms with van der Waals surface area (Å²) in [5.41, 5.74) is 7.99. The van der Waals surface area contributed by atoms with Gasteiger partial charge in [0.25, 0.3) is 0 Å². The standard InChI is InChI=1S/C19H26N4O/c20-15-19(9-5-2-6-10-19)11-18(24)21-12-16-13-22-23(14-16)17-7-3-1-4-8-17/h1,3-4,7-8,13-14H,2,5-6,9-12,15,20H2,(H,21,24). The zero-order chi connectivity index (χ0) is 16.8. The van der Waals surface area contributed by atoms with Gasteiger partial charge < -0.3 is 11.1 Å². The van der Waals surface area contributed by atoms with Crippen molar-refractivity contribution in [3.63, 3.8) is 0 Å². The number of carbonyl (C=O) groups is 1. The molecular weight excluding hydrogens is 300 g/mol. The van der Waals surface area contributed by atoms with Gasteiger partial charge in [0.15, 0.2) is 0 Å². The molecule has 1 saturated carbocycles. The summed E-state index contributed by atoms with van der Waals surface area (Å²) in [6.07, 6.45) is 10.1. The van der Waals surface area contributed by atoms with Crippen molar-refractivity contribution in [2.24, 2.45) is 11.1 Å². The summed E-state index contributed by atoms with van der Waals surface area (Å²) in [6, 6.07) is 9.95. The summed E-state index contributed by atoms with van der Waals surface area (Å²) in [6.45, 7) is 1.11. The van der Waals surface area contributed by atoms with Gasteiger partial charge in [-0.25, -0.2) is 4.68 Å². The summed E-state index contributed by atoms with van der Waals surface area (Å²) in [4.78, 5) is 12.3. The minimum atomic E-state index is 0.0105. The third kappa shape index (κ3) is 4.03. The van der Waals surface area contributed by atoms with Crippen LogP contribution in [0.1, 0.15) is 44.1 Å². The molecule has 1 heterocycles. The molecule has 1 aromatic carbocycles. The first kappa shape index (κ1) is 16.7. The van der Waals surface area contributed by atoms with Gasteiger partial charge in [-0.2, -0.15) is 5.10 Å². The van der Waals surface area contributed by atoms with E-state index >= 15 is 0 Å². The first-order valence-corrected chi connectivity index (χ1v) is 8.77. The smallest absolute Gasteiger partial charge is 0.220 e. The molecule has 5 nitrogen and oxygen atoms in total. The molecule has 1 amide bonds. The molecule has 2 aromatic rings. The van der Waals surface area contributed by atoms with Crippen molar-refractivity contribution in [2.75, 3.05) is 6.54 Å². The number of hydrogen-bond acceptors (Lipinski definition) is 3. The molecule has 0 saturated heterocycles. The Morgan fingerprint density at radius 3 is 2.67 bits per heavy atom. The number of nitrogens with one attached hydrogen (secondary N) is 1. The van der Waals surface area contributed by atoms with Crippen molar-refractivity contribution in [3.05, 3.63) is 48.3 Å². The summed E-state index contributed by atoms with van der Waals surface area (Å²) in [7, 11) is 0. The van der Waals surface area contributed by atoms with Crippen LogP contribution in [0.2, 0.25) is 0 Å². The van der Waals surface area contributed by atoms with Gasteiger partial charge >= 0.3 is 0 Å². The Morgan fingerprint density at radius 2 is 1.96 bits per heavy atom. The minimum absolute atomic E-state index is 0.0105. The normalized spacial score (nSPS) is 16.7.